The molecule has 126 valence electrons. The molecule has 3 rings (SSSR count). The van der Waals surface area contributed by atoms with Gasteiger partial charge in [-0.15, -0.1) is 0 Å². The summed E-state index contributed by atoms with van der Waals surface area (Å²) in [7, 11) is 0. The molecule has 1 aromatic rings. The molecule has 1 amide bonds. The molecule has 0 aliphatic carbocycles. The van der Waals surface area contributed by atoms with Gasteiger partial charge in [-0.3, -0.25) is 4.79 Å². The molecule has 3 atom stereocenters. The second-order valence-corrected chi connectivity index (χ2v) is 7.83. The lowest BCUT2D eigenvalue weighted by Crippen LogP contribution is -2.40. The number of carbonyl (C=O) groups excluding carboxylic acids is 1. The van der Waals surface area contributed by atoms with Gasteiger partial charge in [-0.2, -0.15) is 0 Å². The molecule has 0 aromatic heterocycles. The average molecular weight is 314 g/mol. The molecule has 0 saturated carbocycles. The van der Waals surface area contributed by atoms with Crippen molar-refractivity contribution in [1.82, 2.24) is 10.6 Å². The zero-order chi connectivity index (χ0) is 16.4. The van der Waals surface area contributed by atoms with Crippen molar-refractivity contribution in [1.29, 1.82) is 0 Å². The Kier molecular flexibility index (Phi) is 5.05. The van der Waals surface area contributed by atoms with Crippen LogP contribution in [0.3, 0.4) is 0 Å². The average Bonchev–Trinajstić information content (AvgIpc) is 2.84. The Bertz CT molecular complexity index is 542. The number of aryl methyl sites for hydroxylation is 1. The number of piperidine rings is 1. The Labute approximate surface area is 140 Å². The quantitative estimate of drug-likeness (QED) is 0.869. The van der Waals surface area contributed by atoms with Crippen LogP contribution in [0.15, 0.2) is 24.3 Å². The van der Waals surface area contributed by atoms with Gasteiger partial charge in [0, 0.05) is 18.5 Å². The second-order valence-electron chi connectivity index (χ2n) is 7.83. The third-order valence-corrected chi connectivity index (χ3v) is 5.55. The van der Waals surface area contributed by atoms with Crippen LogP contribution in [0, 0.1) is 18.8 Å². The minimum atomic E-state index is 0.113. The van der Waals surface area contributed by atoms with Crippen molar-refractivity contribution in [2.75, 3.05) is 0 Å². The maximum atomic E-state index is 12.6. The fourth-order valence-electron chi connectivity index (χ4n) is 4.38. The van der Waals surface area contributed by atoms with Crippen molar-refractivity contribution in [3.8, 4) is 0 Å². The first-order chi connectivity index (χ1) is 11.0. The summed E-state index contributed by atoms with van der Waals surface area (Å²) in [6, 6.07) is 9.82. The van der Waals surface area contributed by atoms with Gasteiger partial charge >= 0.3 is 0 Å². The number of amides is 1. The molecule has 3 unspecified atom stereocenters. The van der Waals surface area contributed by atoms with E-state index < -0.39 is 0 Å². The number of carbonyl (C=O) groups is 1. The van der Waals surface area contributed by atoms with E-state index in [0.717, 1.165) is 0 Å². The number of nitrogens with one attached hydrogen (secondary N) is 2. The fraction of sp³-hybridized carbons (Fsp3) is 0.650. The van der Waals surface area contributed by atoms with Gasteiger partial charge in [0.25, 0.3) is 0 Å². The molecule has 2 aliphatic heterocycles. The van der Waals surface area contributed by atoms with Gasteiger partial charge in [0.1, 0.15) is 0 Å². The molecule has 0 radical (unpaired) electrons. The Morgan fingerprint density at radius 3 is 2.48 bits per heavy atom. The molecule has 2 N–H and O–H groups in total. The lowest BCUT2D eigenvalue weighted by Gasteiger charge is -2.30. The van der Waals surface area contributed by atoms with E-state index in [0.29, 0.717) is 30.3 Å². The predicted molar refractivity (Wildman–Crippen MR) is 94.2 cm³/mol. The van der Waals surface area contributed by atoms with Crippen molar-refractivity contribution in [2.45, 2.75) is 71.0 Å². The van der Waals surface area contributed by atoms with E-state index in [2.05, 4.69) is 55.7 Å². The van der Waals surface area contributed by atoms with Gasteiger partial charge in [0.05, 0.1) is 6.04 Å². The van der Waals surface area contributed by atoms with Gasteiger partial charge in [-0.25, -0.2) is 0 Å². The molecule has 3 nitrogen and oxygen atoms in total. The van der Waals surface area contributed by atoms with Crippen molar-refractivity contribution in [3.05, 3.63) is 35.4 Å². The zero-order valence-electron chi connectivity index (χ0n) is 14.6. The first kappa shape index (κ1) is 16.5. The summed E-state index contributed by atoms with van der Waals surface area (Å²) in [5.74, 6) is 1.17. The molecule has 2 bridgehead atoms. The van der Waals surface area contributed by atoms with E-state index in [-0.39, 0.29) is 11.9 Å². The van der Waals surface area contributed by atoms with Gasteiger partial charge in [0.15, 0.2) is 0 Å². The maximum absolute atomic E-state index is 12.6. The Balaban J connectivity index is 1.62. The topological polar surface area (TPSA) is 41.1 Å². The van der Waals surface area contributed by atoms with Crippen molar-refractivity contribution in [2.24, 2.45) is 11.8 Å². The Morgan fingerprint density at radius 1 is 1.22 bits per heavy atom. The monoisotopic (exact) mass is 314 g/mol. The summed E-state index contributed by atoms with van der Waals surface area (Å²) in [4.78, 5) is 12.6. The molecule has 2 fully saturated rings. The largest absolute Gasteiger partial charge is 0.349 e. The van der Waals surface area contributed by atoms with Crippen LogP contribution in [0.1, 0.15) is 63.1 Å². The Hall–Kier alpha value is -1.35. The molecular formula is C20H30N2O. The highest BCUT2D eigenvalue weighted by Gasteiger charge is 2.34. The SMILES string of the molecule is Cc1ccccc1C(NC(=O)CC1CC2CCC(C1)N2)C(C)C. The molecule has 3 heteroatoms. The summed E-state index contributed by atoms with van der Waals surface area (Å²) >= 11 is 0. The number of rotatable bonds is 5. The summed E-state index contributed by atoms with van der Waals surface area (Å²) in [6.07, 6.45) is 5.60. The summed E-state index contributed by atoms with van der Waals surface area (Å²) in [5, 5.41) is 6.97. The van der Waals surface area contributed by atoms with E-state index in [9.17, 15) is 4.79 Å². The molecule has 2 aliphatic rings. The van der Waals surface area contributed by atoms with Crippen LogP contribution >= 0.6 is 0 Å². The normalized spacial score (nSPS) is 27.9. The van der Waals surface area contributed by atoms with Crippen molar-refractivity contribution < 1.29 is 4.79 Å². The van der Waals surface area contributed by atoms with E-state index in [1.807, 2.05) is 0 Å². The minimum Gasteiger partial charge on any atom is -0.349 e. The number of benzene rings is 1. The van der Waals surface area contributed by atoms with Crippen LogP contribution in [-0.2, 0) is 4.79 Å². The number of fused-ring (bicyclic) bond motifs is 2. The molecule has 1 aromatic carbocycles. The van der Waals surface area contributed by atoms with Crippen LogP contribution in [0.25, 0.3) is 0 Å². The van der Waals surface area contributed by atoms with Crippen LogP contribution in [0.4, 0.5) is 0 Å². The minimum absolute atomic E-state index is 0.113. The highest BCUT2D eigenvalue weighted by atomic mass is 16.1. The highest BCUT2D eigenvalue weighted by Crippen LogP contribution is 2.33. The smallest absolute Gasteiger partial charge is 0.220 e. The van der Waals surface area contributed by atoms with E-state index in [1.54, 1.807) is 0 Å². The van der Waals surface area contributed by atoms with Crippen LogP contribution in [0.5, 0.6) is 0 Å². The summed E-state index contributed by atoms with van der Waals surface area (Å²) in [5.41, 5.74) is 2.51. The molecular weight excluding hydrogens is 284 g/mol. The molecule has 23 heavy (non-hydrogen) atoms. The first-order valence-electron chi connectivity index (χ1n) is 9.14. The molecule has 0 spiro atoms. The lowest BCUT2D eigenvalue weighted by molar-refractivity contribution is -0.123. The zero-order valence-corrected chi connectivity index (χ0v) is 14.6. The summed E-state index contributed by atoms with van der Waals surface area (Å²) < 4.78 is 0. The second kappa shape index (κ2) is 7.04. The maximum Gasteiger partial charge on any atom is 0.220 e. The van der Waals surface area contributed by atoms with Gasteiger partial charge in [-0.05, 0) is 55.6 Å². The van der Waals surface area contributed by atoms with Crippen LogP contribution < -0.4 is 10.6 Å². The van der Waals surface area contributed by atoms with E-state index >= 15 is 0 Å². The van der Waals surface area contributed by atoms with Gasteiger partial charge in [0.2, 0.25) is 5.91 Å². The van der Waals surface area contributed by atoms with Gasteiger partial charge in [-0.1, -0.05) is 38.1 Å². The Morgan fingerprint density at radius 2 is 1.87 bits per heavy atom. The van der Waals surface area contributed by atoms with Crippen molar-refractivity contribution in [3.63, 3.8) is 0 Å². The third-order valence-electron chi connectivity index (χ3n) is 5.55. The van der Waals surface area contributed by atoms with Crippen LogP contribution in [0.2, 0.25) is 0 Å². The lowest BCUT2D eigenvalue weighted by atomic mass is 9.88. The first-order valence-corrected chi connectivity index (χ1v) is 9.14. The molecule has 2 saturated heterocycles. The van der Waals surface area contributed by atoms with Crippen LogP contribution in [-0.4, -0.2) is 18.0 Å². The highest BCUT2D eigenvalue weighted by molar-refractivity contribution is 5.76. The standard InChI is InChI=1S/C20H30N2O/c1-13(2)20(18-7-5-4-6-14(18)3)22-19(23)12-15-10-16-8-9-17(11-15)21-16/h4-7,13,15-17,20-21H,8-12H2,1-3H3,(H,22,23). The molecule has 2 heterocycles. The van der Waals surface area contributed by atoms with E-state index in [1.165, 1.54) is 36.8 Å². The summed E-state index contributed by atoms with van der Waals surface area (Å²) in [6.45, 7) is 6.49. The van der Waals surface area contributed by atoms with Gasteiger partial charge < -0.3 is 10.6 Å². The number of hydrogen-bond donors (Lipinski definition) is 2. The fourth-order valence-corrected chi connectivity index (χ4v) is 4.38. The van der Waals surface area contributed by atoms with E-state index in [4.69, 9.17) is 0 Å². The van der Waals surface area contributed by atoms with Crippen molar-refractivity contribution >= 4 is 5.91 Å². The predicted octanol–water partition coefficient (Wildman–Crippen LogP) is 3.73. The third kappa shape index (κ3) is 3.95. The number of hydrogen-bond acceptors (Lipinski definition) is 2.